The number of sulfone groups is 1. The molecule has 0 saturated carbocycles. The lowest BCUT2D eigenvalue weighted by Gasteiger charge is -2.22. The first-order valence-electron chi connectivity index (χ1n) is 8.33. The summed E-state index contributed by atoms with van der Waals surface area (Å²) < 4.78 is 23.1. The van der Waals surface area contributed by atoms with Crippen molar-refractivity contribution >= 4 is 51.4 Å². The normalized spacial score (nSPS) is 11.6. The zero-order valence-electron chi connectivity index (χ0n) is 15.6. The summed E-state index contributed by atoms with van der Waals surface area (Å²) >= 11 is 6.24. The topological polar surface area (TPSA) is 61.8 Å². The Balaban J connectivity index is 0.00000364. The molecule has 0 spiro atoms. The summed E-state index contributed by atoms with van der Waals surface area (Å²) in [6, 6.07) is 14.5. The van der Waals surface area contributed by atoms with Crippen molar-refractivity contribution in [3.8, 4) is 0 Å². The maximum absolute atomic E-state index is 11.5. The molecule has 0 bridgehead atoms. The molecule has 0 saturated heterocycles. The van der Waals surface area contributed by atoms with Gasteiger partial charge in [-0.1, -0.05) is 41.9 Å². The quantitative estimate of drug-likeness (QED) is 0.355. The largest absolute Gasteiger partial charge is 0.357 e. The summed E-state index contributed by atoms with van der Waals surface area (Å²) in [6.45, 7) is 3.86. The summed E-state index contributed by atoms with van der Waals surface area (Å²) in [5.41, 5.74) is 1.97. The highest BCUT2D eigenvalue weighted by atomic mass is 127. The number of rotatable bonds is 6. The second-order valence-corrected chi connectivity index (χ2v) is 8.46. The molecule has 2 rings (SSSR count). The molecule has 8 heteroatoms. The first-order chi connectivity index (χ1) is 12.3. The van der Waals surface area contributed by atoms with Gasteiger partial charge in [0.05, 0.1) is 11.4 Å². The zero-order chi connectivity index (χ0) is 19.2. The van der Waals surface area contributed by atoms with Gasteiger partial charge in [-0.25, -0.2) is 13.4 Å². The molecule has 0 atom stereocenters. The van der Waals surface area contributed by atoms with Gasteiger partial charge < -0.3 is 10.2 Å². The van der Waals surface area contributed by atoms with E-state index in [2.05, 4.69) is 10.3 Å². The predicted octanol–water partition coefficient (Wildman–Crippen LogP) is 3.96. The Kier molecular flexibility index (Phi) is 9.55. The zero-order valence-corrected chi connectivity index (χ0v) is 19.5. The van der Waals surface area contributed by atoms with Crippen LogP contribution in [0.5, 0.6) is 0 Å². The lowest BCUT2D eigenvalue weighted by atomic mass is 10.2. The van der Waals surface area contributed by atoms with Crippen molar-refractivity contribution in [1.29, 1.82) is 0 Å². The molecule has 0 aliphatic carbocycles. The van der Waals surface area contributed by atoms with Crippen LogP contribution in [-0.4, -0.2) is 39.1 Å². The molecule has 0 amide bonds. The molecule has 0 aliphatic rings. The lowest BCUT2D eigenvalue weighted by molar-refractivity contribution is 0.477. The second kappa shape index (κ2) is 10.9. The molecule has 2 aromatic rings. The van der Waals surface area contributed by atoms with Crippen molar-refractivity contribution in [3.63, 3.8) is 0 Å². The van der Waals surface area contributed by atoms with Crippen molar-refractivity contribution in [2.75, 3.05) is 19.8 Å². The molecule has 0 unspecified atom stereocenters. The highest BCUT2D eigenvalue weighted by molar-refractivity contribution is 14.0. The van der Waals surface area contributed by atoms with E-state index in [4.69, 9.17) is 11.6 Å². The third-order valence-corrected chi connectivity index (χ3v) is 5.32. The molecule has 1 N–H and O–H groups in total. The Morgan fingerprint density at radius 1 is 1.15 bits per heavy atom. The minimum absolute atomic E-state index is 0. The van der Waals surface area contributed by atoms with Gasteiger partial charge >= 0.3 is 0 Å². The standard InChI is InChI=1S/C19H24ClN3O2S.HI/c1-4-21-19(23(2)14-16-7-5-6-8-18(16)20)22-13-15-9-11-17(12-10-15)26(3,24)25;/h5-12H,4,13-14H2,1-3H3,(H,21,22);1H. The van der Waals surface area contributed by atoms with Gasteiger partial charge in [-0.15, -0.1) is 24.0 Å². The Hall–Kier alpha value is -1.32. The lowest BCUT2D eigenvalue weighted by Crippen LogP contribution is -2.38. The average molecular weight is 522 g/mol. The van der Waals surface area contributed by atoms with E-state index in [0.717, 1.165) is 28.7 Å². The van der Waals surface area contributed by atoms with Crippen LogP contribution in [0.1, 0.15) is 18.1 Å². The monoisotopic (exact) mass is 521 g/mol. The summed E-state index contributed by atoms with van der Waals surface area (Å²) in [6.07, 6.45) is 1.20. The molecule has 0 radical (unpaired) electrons. The van der Waals surface area contributed by atoms with Gasteiger partial charge in [0.1, 0.15) is 0 Å². The molecule has 5 nitrogen and oxygen atoms in total. The molecule has 148 valence electrons. The van der Waals surface area contributed by atoms with Crippen LogP contribution in [0.25, 0.3) is 0 Å². The van der Waals surface area contributed by atoms with Gasteiger partial charge in [0.15, 0.2) is 15.8 Å². The van der Waals surface area contributed by atoms with Gasteiger partial charge in [-0.05, 0) is 36.2 Å². The number of halogens is 2. The average Bonchev–Trinajstić information content (AvgIpc) is 2.60. The molecule has 0 aliphatic heterocycles. The summed E-state index contributed by atoms with van der Waals surface area (Å²) in [5, 5.41) is 3.99. The van der Waals surface area contributed by atoms with Crippen LogP contribution in [0.2, 0.25) is 5.02 Å². The highest BCUT2D eigenvalue weighted by Crippen LogP contribution is 2.16. The van der Waals surface area contributed by atoms with Crippen LogP contribution >= 0.6 is 35.6 Å². The van der Waals surface area contributed by atoms with Crippen molar-refractivity contribution in [2.24, 2.45) is 4.99 Å². The van der Waals surface area contributed by atoms with Gasteiger partial charge in [-0.3, -0.25) is 0 Å². The Bertz CT molecular complexity index is 871. The second-order valence-electron chi connectivity index (χ2n) is 6.03. The fourth-order valence-electron chi connectivity index (χ4n) is 2.43. The van der Waals surface area contributed by atoms with E-state index in [1.165, 1.54) is 6.26 Å². The first kappa shape index (κ1) is 23.7. The first-order valence-corrected chi connectivity index (χ1v) is 10.6. The fourth-order valence-corrected chi connectivity index (χ4v) is 3.26. The van der Waals surface area contributed by atoms with Gasteiger partial charge in [0, 0.05) is 31.4 Å². The van der Waals surface area contributed by atoms with Crippen molar-refractivity contribution < 1.29 is 8.42 Å². The van der Waals surface area contributed by atoms with Gasteiger partial charge in [0.2, 0.25) is 0 Å². The number of guanidine groups is 1. The van der Waals surface area contributed by atoms with E-state index in [1.807, 2.05) is 43.1 Å². The van der Waals surface area contributed by atoms with Crippen LogP contribution in [-0.2, 0) is 22.9 Å². The molecule has 0 aromatic heterocycles. The predicted molar refractivity (Wildman–Crippen MR) is 123 cm³/mol. The van der Waals surface area contributed by atoms with Gasteiger partial charge in [-0.2, -0.15) is 0 Å². The minimum Gasteiger partial charge on any atom is -0.357 e. The van der Waals surface area contributed by atoms with Crippen LogP contribution in [0, 0.1) is 0 Å². The molecule has 0 fully saturated rings. The number of hydrogen-bond acceptors (Lipinski definition) is 3. The Morgan fingerprint density at radius 2 is 1.78 bits per heavy atom. The maximum Gasteiger partial charge on any atom is 0.194 e. The van der Waals surface area contributed by atoms with E-state index < -0.39 is 9.84 Å². The summed E-state index contributed by atoms with van der Waals surface area (Å²) in [5.74, 6) is 0.764. The third-order valence-electron chi connectivity index (χ3n) is 3.82. The summed E-state index contributed by atoms with van der Waals surface area (Å²) in [4.78, 5) is 6.96. The number of nitrogens with zero attached hydrogens (tertiary/aromatic N) is 2. The van der Waals surface area contributed by atoms with E-state index in [9.17, 15) is 8.42 Å². The van der Waals surface area contributed by atoms with E-state index in [1.54, 1.807) is 24.3 Å². The Morgan fingerprint density at radius 3 is 2.33 bits per heavy atom. The van der Waals surface area contributed by atoms with E-state index >= 15 is 0 Å². The third kappa shape index (κ3) is 7.31. The molecular formula is C19H25ClIN3O2S. The van der Waals surface area contributed by atoms with E-state index in [0.29, 0.717) is 18.0 Å². The fraction of sp³-hybridized carbons (Fsp3) is 0.316. The van der Waals surface area contributed by atoms with Crippen molar-refractivity contribution in [1.82, 2.24) is 10.2 Å². The van der Waals surface area contributed by atoms with Gasteiger partial charge in [0.25, 0.3) is 0 Å². The molecular weight excluding hydrogens is 497 g/mol. The smallest absolute Gasteiger partial charge is 0.194 e. The minimum atomic E-state index is -3.18. The van der Waals surface area contributed by atoms with Crippen LogP contribution < -0.4 is 5.32 Å². The number of nitrogens with one attached hydrogen (secondary N) is 1. The number of aliphatic imine (C=N–C) groups is 1. The maximum atomic E-state index is 11.5. The van der Waals surface area contributed by atoms with Crippen LogP contribution in [0.15, 0.2) is 58.4 Å². The number of hydrogen-bond donors (Lipinski definition) is 1. The van der Waals surface area contributed by atoms with E-state index in [-0.39, 0.29) is 24.0 Å². The number of benzene rings is 2. The summed E-state index contributed by atoms with van der Waals surface area (Å²) in [7, 11) is -1.22. The van der Waals surface area contributed by atoms with Crippen molar-refractivity contribution in [2.45, 2.75) is 24.9 Å². The molecule has 27 heavy (non-hydrogen) atoms. The highest BCUT2D eigenvalue weighted by Gasteiger charge is 2.09. The van der Waals surface area contributed by atoms with Crippen LogP contribution in [0.3, 0.4) is 0 Å². The van der Waals surface area contributed by atoms with Crippen molar-refractivity contribution in [3.05, 3.63) is 64.7 Å². The SMILES string of the molecule is CCNC(=NCc1ccc(S(C)(=O)=O)cc1)N(C)Cc1ccccc1Cl.I. The molecule has 0 heterocycles. The Labute approximate surface area is 183 Å². The van der Waals surface area contributed by atoms with Crippen LogP contribution in [0.4, 0.5) is 0 Å². The molecule has 2 aromatic carbocycles.